The van der Waals surface area contributed by atoms with Crippen LogP contribution in [0, 0.1) is 5.82 Å². The van der Waals surface area contributed by atoms with E-state index < -0.39 is 0 Å². The summed E-state index contributed by atoms with van der Waals surface area (Å²) in [6.45, 7) is 0. The molecule has 0 amide bonds. The molecule has 0 aliphatic carbocycles. The fourth-order valence-corrected chi connectivity index (χ4v) is 2.91. The second-order valence-corrected chi connectivity index (χ2v) is 6.42. The molecule has 0 spiro atoms. The van der Waals surface area contributed by atoms with Gasteiger partial charge in [0.2, 0.25) is 11.8 Å². The number of rotatable bonds is 3. The van der Waals surface area contributed by atoms with Crippen molar-refractivity contribution in [2.75, 3.05) is 0 Å². The Bertz CT molecular complexity index is 749. The Morgan fingerprint density at radius 3 is 2.55 bits per heavy atom. The van der Waals surface area contributed by atoms with E-state index in [0.717, 1.165) is 8.66 Å². The van der Waals surface area contributed by atoms with Crippen LogP contribution < -0.4 is 0 Å². The van der Waals surface area contributed by atoms with Crippen LogP contribution in [0.4, 0.5) is 4.39 Å². The van der Waals surface area contributed by atoms with Gasteiger partial charge in [-0.15, -0.1) is 21.5 Å². The molecular weight excluding hydrogens is 343 g/mol. The van der Waals surface area contributed by atoms with Crippen molar-refractivity contribution in [1.82, 2.24) is 10.2 Å². The highest BCUT2D eigenvalue weighted by Gasteiger charge is 2.06. The molecule has 0 bridgehead atoms. The lowest BCUT2D eigenvalue weighted by Gasteiger charge is -1.92. The fraction of sp³-hybridized carbons (Fsp3) is 0. The summed E-state index contributed by atoms with van der Waals surface area (Å²) >= 11 is 5.01. The first-order valence-electron chi connectivity index (χ1n) is 5.73. The number of hydrogen-bond donors (Lipinski definition) is 0. The Morgan fingerprint density at radius 2 is 1.85 bits per heavy atom. The smallest absolute Gasteiger partial charge is 0.248 e. The molecule has 3 rings (SSSR count). The molecule has 0 N–H and O–H groups in total. The molecular formula is C14H8BrFN2OS. The fourth-order valence-electron chi connectivity index (χ4n) is 1.58. The summed E-state index contributed by atoms with van der Waals surface area (Å²) in [6.07, 6.45) is 3.65. The number of benzene rings is 1. The van der Waals surface area contributed by atoms with E-state index in [0.29, 0.717) is 17.3 Å². The van der Waals surface area contributed by atoms with Gasteiger partial charge < -0.3 is 4.42 Å². The van der Waals surface area contributed by atoms with E-state index in [1.54, 1.807) is 29.5 Å². The van der Waals surface area contributed by atoms with Crippen molar-refractivity contribution in [3.05, 3.63) is 56.8 Å². The van der Waals surface area contributed by atoms with Crippen molar-refractivity contribution in [2.45, 2.75) is 0 Å². The maximum absolute atomic E-state index is 12.8. The van der Waals surface area contributed by atoms with Crippen LogP contribution in [-0.2, 0) is 0 Å². The molecule has 0 saturated carbocycles. The van der Waals surface area contributed by atoms with Crippen LogP contribution in [0.5, 0.6) is 0 Å². The molecule has 0 aliphatic heterocycles. The molecule has 0 atom stereocenters. The molecule has 100 valence electrons. The second-order valence-electron chi connectivity index (χ2n) is 3.93. The highest BCUT2D eigenvalue weighted by molar-refractivity contribution is 9.11. The van der Waals surface area contributed by atoms with Gasteiger partial charge in [0, 0.05) is 16.5 Å². The minimum absolute atomic E-state index is 0.295. The zero-order valence-corrected chi connectivity index (χ0v) is 12.5. The predicted molar refractivity (Wildman–Crippen MR) is 80.6 cm³/mol. The number of thiophene rings is 1. The second kappa shape index (κ2) is 5.68. The van der Waals surface area contributed by atoms with Crippen molar-refractivity contribution < 1.29 is 8.81 Å². The molecule has 0 saturated heterocycles. The molecule has 20 heavy (non-hydrogen) atoms. The first kappa shape index (κ1) is 13.2. The van der Waals surface area contributed by atoms with E-state index in [-0.39, 0.29) is 5.82 Å². The molecule has 0 radical (unpaired) electrons. The average Bonchev–Trinajstić information content (AvgIpc) is 3.06. The van der Waals surface area contributed by atoms with Gasteiger partial charge in [0.05, 0.1) is 3.79 Å². The molecule has 0 unspecified atom stereocenters. The Balaban J connectivity index is 1.80. The molecule has 0 aliphatic rings. The minimum atomic E-state index is -0.295. The Hall–Kier alpha value is -1.79. The zero-order valence-electron chi connectivity index (χ0n) is 10.1. The van der Waals surface area contributed by atoms with Crippen LogP contribution in [0.3, 0.4) is 0 Å². The molecule has 1 aromatic carbocycles. The molecule has 3 nitrogen and oxygen atoms in total. The first-order valence-corrected chi connectivity index (χ1v) is 7.34. The molecule has 2 aromatic heterocycles. The summed E-state index contributed by atoms with van der Waals surface area (Å²) in [4.78, 5) is 1.08. The average molecular weight is 351 g/mol. The lowest BCUT2D eigenvalue weighted by atomic mass is 10.2. The van der Waals surface area contributed by atoms with Gasteiger partial charge in [-0.05, 0) is 58.4 Å². The lowest BCUT2D eigenvalue weighted by molar-refractivity contribution is 0.557. The van der Waals surface area contributed by atoms with Gasteiger partial charge in [0.25, 0.3) is 0 Å². The highest BCUT2D eigenvalue weighted by atomic mass is 79.9. The van der Waals surface area contributed by atoms with E-state index in [9.17, 15) is 4.39 Å². The van der Waals surface area contributed by atoms with Gasteiger partial charge in [-0.25, -0.2) is 4.39 Å². The van der Waals surface area contributed by atoms with Crippen molar-refractivity contribution in [3.8, 4) is 11.5 Å². The van der Waals surface area contributed by atoms with Gasteiger partial charge in [-0.1, -0.05) is 0 Å². The van der Waals surface area contributed by atoms with Crippen molar-refractivity contribution in [3.63, 3.8) is 0 Å². The third kappa shape index (κ3) is 3.02. The summed E-state index contributed by atoms with van der Waals surface area (Å²) in [5, 5.41) is 7.87. The minimum Gasteiger partial charge on any atom is -0.417 e. The van der Waals surface area contributed by atoms with Gasteiger partial charge >= 0.3 is 0 Å². The molecule has 6 heteroatoms. The maximum Gasteiger partial charge on any atom is 0.248 e. The van der Waals surface area contributed by atoms with Crippen LogP contribution in [0.15, 0.2) is 44.6 Å². The largest absolute Gasteiger partial charge is 0.417 e. The van der Waals surface area contributed by atoms with Gasteiger partial charge in [-0.2, -0.15) is 0 Å². The third-order valence-corrected chi connectivity index (χ3v) is 4.10. The molecule has 2 heterocycles. The quantitative estimate of drug-likeness (QED) is 0.676. The summed E-state index contributed by atoms with van der Waals surface area (Å²) in [5.41, 5.74) is 0.692. The molecule has 0 fully saturated rings. The van der Waals surface area contributed by atoms with Gasteiger partial charge in [0.15, 0.2) is 0 Å². The Kier molecular flexibility index (Phi) is 3.75. The van der Waals surface area contributed by atoms with Crippen molar-refractivity contribution >= 4 is 39.4 Å². The van der Waals surface area contributed by atoms with Crippen LogP contribution in [-0.4, -0.2) is 10.2 Å². The predicted octanol–water partition coefficient (Wildman–Crippen LogP) is 4.87. The summed E-state index contributed by atoms with van der Waals surface area (Å²) < 4.78 is 19.4. The SMILES string of the molecule is Fc1ccc(-c2nnc(/C=C/c3ccc(Br)s3)o2)cc1. The Morgan fingerprint density at radius 1 is 1.05 bits per heavy atom. The third-order valence-electron chi connectivity index (χ3n) is 2.52. The van der Waals surface area contributed by atoms with E-state index in [1.165, 1.54) is 12.1 Å². The normalized spacial score (nSPS) is 11.3. The number of hydrogen-bond acceptors (Lipinski definition) is 4. The molecule has 3 aromatic rings. The van der Waals surface area contributed by atoms with E-state index in [2.05, 4.69) is 26.1 Å². The summed E-state index contributed by atoms with van der Waals surface area (Å²) in [5.74, 6) is 0.488. The first-order chi connectivity index (χ1) is 9.70. The monoisotopic (exact) mass is 350 g/mol. The van der Waals surface area contributed by atoms with Gasteiger partial charge in [-0.3, -0.25) is 0 Å². The van der Waals surface area contributed by atoms with Crippen LogP contribution in [0.25, 0.3) is 23.6 Å². The van der Waals surface area contributed by atoms with Crippen LogP contribution >= 0.6 is 27.3 Å². The number of aromatic nitrogens is 2. The number of nitrogens with zero attached hydrogens (tertiary/aromatic N) is 2. The van der Waals surface area contributed by atoms with E-state index >= 15 is 0 Å². The van der Waals surface area contributed by atoms with E-state index in [1.807, 2.05) is 18.2 Å². The maximum atomic E-state index is 12.8. The van der Waals surface area contributed by atoms with Gasteiger partial charge in [0.1, 0.15) is 5.82 Å². The summed E-state index contributed by atoms with van der Waals surface area (Å²) in [7, 11) is 0. The van der Waals surface area contributed by atoms with Crippen molar-refractivity contribution in [2.24, 2.45) is 0 Å². The topological polar surface area (TPSA) is 38.9 Å². The lowest BCUT2D eigenvalue weighted by Crippen LogP contribution is -1.78. The standard InChI is InChI=1S/C14H8BrFN2OS/c15-12-7-5-11(20-12)6-8-13-17-18-14(19-13)9-1-3-10(16)4-2-9/h1-8H/b8-6+. The highest BCUT2D eigenvalue weighted by Crippen LogP contribution is 2.24. The summed E-state index contributed by atoms with van der Waals surface area (Å²) in [6, 6.07) is 9.89. The van der Waals surface area contributed by atoms with Crippen LogP contribution in [0.1, 0.15) is 10.8 Å². The zero-order chi connectivity index (χ0) is 13.9. The van der Waals surface area contributed by atoms with E-state index in [4.69, 9.17) is 4.42 Å². The number of halogens is 2. The van der Waals surface area contributed by atoms with Crippen molar-refractivity contribution in [1.29, 1.82) is 0 Å². The Labute approximate surface area is 126 Å². The van der Waals surface area contributed by atoms with Crippen LogP contribution in [0.2, 0.25) is 0 Å².